The maximum atomic E-state index is 8.74. The molecule has 0 fully saturated rings. The molecule has 1 aromatic rings. The highest BCUT2D eigenvalue weighted by atomic mass is 16.4. The fraction of sp³-hybridized carbons (Fsp3) is 0.462. The number of aryl methyl sites for hydroxylation is 1. The number of amidine groups is 1. The molecular weight excluding hydrogens is 214 g/mol. The van der Waals surface area contributed by atoms with Crippen molar-refractivity contribution in [1.82, 2.24) is 4.90 Å². The van der Waals surface area contributed by atoms with Gasteiger partial charge < -0.3 is 10.9 Å². The van der Waals surface area contributed by atoms with E-state index < -0.39 is 0 Å². The van der Waals surface area contributed by atoms with Gasteiger partial charge in [0.25, 0.3) is 0 Å². The van der Waals surface area contributed by atoms with Crippen LogP contribution in [0.25, 0.3) is 0 Å². The predicted octanol–water partition coefficient (Wildman–Crippen LogP) is 1.57. The van der Waals surface area contributed by atoms with Crippen LogP contribution < -0.4 is 5.73 Å². The fourth-order valence-electron chi connectivity index (χ4n) is 2.33. The van der Waals surface area contributed by atoms with Crippen molar-refractivity contribution in [3.05, 3.63) is 35.4 Å². The minimum absolute atomic E-state index is 0.0221. The van der Waals surface area contributed by atoms with Crippen LogP contribution >= 0.6 is 0 Å². The number of nitrogens with two attached hydrogens (primary N) is 1. The highest BCUT2D eigenvalue weighted by molar-refractivity contribution is 5.84. The number of hydrogen-bond acceptors (Lipinski definition) is 3. The Balaban J connectivity index is 2.18. The average molecular weight is 233 g/mol. The van der Waals surface area contributed by atoms with Crippen LogP contribution in [0.2, 0.25) is 0 Å². The molecule has 1 atom stereocenters. The van der Waals surface area contributed by atoms with Crippen LogP contribution in [0.1, 0.15) is 24.5 Å². The third-order valence-corrected chi connectivity index (χ3v) is 3.47. The lowest BCUT2D eigenvalue weighted by Crippen LogP contribution is -2.42. The van der Waals surface area contributed by atoms with Gasteiger partial charge in [-0.15, -0.1) is 0 Å². The molecule has 1 heterocycles. The van der Waals surface area contributed by atoms with Crippen LogP contribution in [0.3, 0.4) is 0 Å². The summed E-state index contributed by atoms with van der Waals surface area (Å²) in [5, 5.41) is 11.8. The Morgan fingerprint density at radius 3 is 2.82 bits per heavy atom. The van der Waals surface area contributed by atoms with E-state index in [9.17, 15) is 0 Å². The minimum Gasteiger partial charge on any atom is -0.409 e. The number of nitrogens with zero attached hydrogens (tertiary/aromatic N) is 2. The molecule has 4 nitrogen and oxygen atoms in total. The molecule has 0 aromatic heterocycles. The van der Waals surface area contributed by atoms with Crippen LogP contribution in [0.5, 0.6) is 0 Å². The fourth-order valence-corrected chi connectivity index (χ4v) is 2.33. The van der Waals surface area contributed by atoms with Gasteiger partial charge in [0.1, 0.15) is 0 Å². The normalized spacial score (nSPS) is 19.5. The summed E-state index contributed by atoms with van der Waals surface area (Å²) in [5.74, 6) is 0.282. The Hall–Kier alpha value is -1.55. The summed E-state index contributed by atoms with van der Waals surface area (Å²) in [6.45, 7) is 3.82. The third-order valence-electron chi connectivity index (χ3n) is 3.47. The van der Waals surface area contributed by atoms with E-state index in [1.54, 1.807) is 0 Å². The maximum absolute atomic E-state index is 8.74. The van der Waals surface area contributed by atoms with Gasteiger partial charge in [-0.05, 0) is 37.4 Å². The Kier molecular flexibility index (Phi) is 3.64. The van der Waals surface area contributed by atoms with E-state index in [-0.39, 0.29) is 11.9 Å². The minimum atomic E-state index is -0.0221. The Labute approximate surface area is 102 Å². The van der Waals surface area contributed by atoms with Gasteiger partial charge in [-0.1, -0.05) is 29.4 Å². The molecule has 0 bridgehead atoms. The summed E-state index contributed by atoms with van der Waals surface area (Å²) >= 11 is 0. The number of benzene rings is 1. The van der Waals surface area contributed by atoms with E-state index in [1.165, 1.54) is 11.1 Å². The average Bonchev–Trinajstić information content (AvgIpc) is 2.58. The van der Waals surface area contributed by atoms with E-state index in [0.717, 1.165) is 25.9 Å². The first-order chi connectivity index (χ1) is 8.22. The monoisotopic (exact) mass is 233 g/mol. The second-order valence-electron chi connectivity index (χ2n) is 4.54. The second-order valence-corrected chi connectivity index (χ2v) is 4.54. The summed E-state index contributed by atoms with van der Waals surface area (Å²) in [6.07, 6.45) is 2.22. The Morgan fingerprint density at radius 2 is 2.12 bits per heavy atom. The first kappa shape index (κ1) is 11.9. The summed E-state index contributed by atoms with van der Waals surface area (Å²) in [6, 6.07) is 8.48. The topological polar surface area (TPSA) is 61.9 Å². The summed E-state index contributed by atoms with van der Waals surface area (Å²) in [7, 11) is 0. The van der Waals surface area contributed by atoms with Gasteiger partial charge in [0.15, 0.2) is 5.84 Å². The van der Waals surface area contributed by atoms with Crippen LogP contribution in [0.4, 0.5) is 0 Å². The molecule has 0 spiro atoms. The lowest BCUT2D eigenvalue weighted by molar-refractivity contribution is 0.238. The molecule has 0 saturated carbocycles. The quantitative estimate of drug-likeness (QED) is 0.353. The molecule has 17 heavy (non-hydrogen) atoms. The zero-order valence-electron chi connectivity index (χ0n) is 10.1. The van der Waals surface area contributed by atoms with E-state index >= 15 is 0 Å². The molecule has 3 N–H and O–H groups in total. The van der Waals surface area contributed by atoms with Gasteiger partial charge in [-0.2, -0.15) is 0 Å². The molecule has 1 aromatic carbocycles. The molecule has 92 valence electrons. The van der Waals surface area contributed by atoms with Gasteiger partial charge >= 0.3 is 0 Å². The molecule has 2 rings (SSSR count). The largest absolute Gasteiger partial charge is 0.409 e. The second kappa shape index (κ2) is 5.19. The van der Waals surface area contributed by atoms with Crippen molar-refractivity contribution in [2.45, 2.75) is 32.4 Å². The Bertz CT molecular complexity index is 417. The molecule has 0 saturated heterocycles. The number of hydrogen-bond donors (Lipinski definition) is 2. The standard InChI is InChI=1S/C13H19N3O/c1-10(13(14)15-17)16-8-4-7-11-5-2-3-6-12(11)9-16/h2-3,5-6,10,17H,4,7-9H2,1H3,(H2,14,15). The van der Waals surface area contributed by atoms with Crippen LogP contribution in [0, 0.1) is 0 Å². The van der Waals surface area contributed by atoms with E-state index in [2.05, 4.69) is 34.3 Å². The van der Waals surface area contributed by atoms with Crippen LogP contribution in [-0.4, -0.2) is 28.5 Å². The van der Waals surface area contributed by atoms with Crippen molar-refractivity contribution >= 4 is 5.84 Å². The van der Waals surface area contributed by atoms with Gasteiger partial charge in [0.2, 0.25) is 0 Å². The molecule has 0 radical (unpaired) electrons. The lowest BCUT2D eigenvalue weighted by atomic mass is 10.0. The van der Waals surface area contributed by atoms with E-state index in [1.807, 2.05) is 6.92 Å². The highest BCUT2D eigenvalue weighted by Crippen LogP contribution is 2.19. The zero-order valence-corrected chi connectivity index (χ0v) is 10.1. The summed E-state index contributed by atoms with van der Waals surface area (Å²) in [4.78, 5) is 2.25. The Morgan fingerprint density at radius 1 is 1.41 bits per heavy atom. The van der Waals surface area contributed by atoms with Gasteiger partial charge in [-0.25, -0.2) is 0 Å². The number of oxime groups is 1. The summed E-state index contributed by atoms with van der Waals surface area (Å²) < 4.78 is 0. The van der Waals surface area contributed by atoms with Crippen molar-refractivity contribution in [2.75, 3.05) is 6.54 Å². The van der Waals surface area contributed by atoms with Crippen molar-refractivity contribution in [3.8, 4) is 0 Å². The molecule has 0 amide bonds. The number of fused-ring (bicyclic) bond motifs is 1. The van der Waals surface area contributed by atoms with Gasteiger partial charge in [0.05, 0.1) is 6.04 Å². The highest BCUT2D eigenvalue weighted by Gasteiger charge is 2.21. The first-order valence-corrected chi connectivity index (χ1v) is 6.00. The lowest BCUT2D eigenvalue weighted by Gasteiger charge is -2.26. The van der Waals surface area contributed by atoms with Crippen LogP contribution in [-0.2, 0) is 13.0 Å². The van der Waals surface area contributed by atoms with Crippen molar-refractivity contribution in [2.24, 2.45) is 10.9 Å². The maximum Gasteiger partial charge on any atom is 0.156 e. The first-order valence-electron chi connectivity index (χ1n) is 6.00. The summed E-state index contributed by atoms with van der Waals surface area (Å²) in [5.41, 5.74) is 8.44. The van der Waals surface area contributed by atoms with Gasteiger partial charge in [0, 0.05) is 6.54 Å². The van der Waals surface area contributed by atoms with Crippen molar-refractivity contribution in [3.63, 3.8) is 0 Å². The van der Waals surface area contributed by atoms with Crippen molar-refractivity contribution in [1.29, 1.82) is 0 Å². The number of rotatable bonds is 2. The molecule has 0 aliphatic carbocycles. The molecular formula is C13H19N3O. The molecule has 1 aliphatic rings. The van der Waals surface area contributed by atoms with Gasteiger partial charge in [-0.3, -0.25) is 4.90 Å². The molecule has 4 heteroatoms. The van der Waals surface area contributed by atoms with E-state index in [0.29, 0.717) is 0 Å². The van der Waals surface area contributed by atoms with Crippen molar-refractivity contribution < 1.29 is 5.21 Å². The van der Waals surface area contributed by atoms with Crippen LogP contribution in [0.15, 0.2) is 29.4 Å². The SMILES string of the molecule is CC(/C(N)=N/O)N1CCCc2ccccc2C1. The predicted molar refractivity (Wildman–Crippen MR) is 68.0 cm³/mol. The zero-order chi connectivity index (χ0) is 12.3. The van der Waals surface area contributed by atoms with E-state index in [4.69, 9.17) is 10.9 Å². The molecule has 1 aliphatic heterocycles. The smallest absolute Gasteiger partial charge is 0.156 e. The third kappa shape index (κ3) is 2.58. The molecule has 1 unspecified atom stereocenters.